The Morgan fingerprint density at radius 2 is 0.562 bits per heavy atom. The summed E-state index contributed by atoms with van der Waals surface area (Å²) in [4.78, 5) is 38.2. The van der Waals surface area contributed by atoms with Crippen LogP contribution < -0.4 is 0 Å². The average molecular weight is 1020 g/mol. The van der Waals surface area contributed by atoms with Gasteiger partial charge in [-0.1, -0.05) is 279 Å². The molecule has 1 unspecified atom stereocenters. The Morgan fingerprint density at radius 3 is 0.945 bits per heavy atom. The molecule has 0 rings (SSSR count). The van der Waals surface area contributed by atoms with E-state index in [0.717, 1.165) is 83.5 Å². The molecule has 0 aliphatic rings. The molecule has 0 saturated heterocycles. The molecule has 0 bridgehead atoms. The molecule has 0 aromatic heterocycles. The molecule has 0 saturated carbocycles. The third-order valence-electron chi connectivity index (χ3n) is 13.1. The van der Waals surface area contributed by atoms with Crippen LogP contribution in [0.1, 0.15) is 290 Å². The van der Waals surface area contributed by atoms with E-state index in [1.165, 1.54) is 161 Å². The minimum absolute atomic E-state index is 0.100. The molecule has 0 aliphatic carbocycles. The van der Waals surface area contributed by atoms with Crippen LogP contribution >= 0.6 is 0 Å². The largest absolute Gasteiger partial charge is 0.462 e. The molecular weight excluding hydrogens is 901 g/mol. The van der Waals surface area contributed by atoms with Crippen molar-refractivity contribution >= 4 is 17.9 Å². The number of ether oxygens (including phenoxy) is 3. The molecule has 0 aromatic rings. The quantitative estimate of drug-likeness (QED) is 0.0261. The Morgan fingerprint density at radius 1 is 0.288 bits per heavy atom. The monoisotopic (exact) mass is 1010 g/mol. The Kier molecular flexibility index (Phi) is 57.8. The van der Waals surface area contributed by atoms with Crippen molar-refractivity contribution in [1.82, 2.24) is 0 Å². The predicted molar refractivity (Wildman–Crippen MR) is 316 cm³/mol. The topological polar surface area (TPSA) is 78.9 Å². The van der Waals surface area contributed by atoms with Gasteiger partial charge in [-0.2, -0.15) is 0 Å². The fourth-order valence-electron chi connectivity index (χ4n) is 8.50. The summed E-state index contributed by atoms with van der Waals surface area (Å²) in [5, 5.41) is 0. The highest BCUT2D eigenvalue weighted by Gasteiger charge is 2.19. The standard InChI is InChI=1S/C67H114O6/c1-4-7-10-13-16-19-22-25-28-31-33-36-39-42-45-48-51-54-57-60-66(69)72-63-64(62-71-65(68)59-56-53-50-47-44-41-38-35-30-27-24-21-18-15-12-9-6-3)73-67(70)61-58-55-52-49-46-43-40-37-34-32-29-26-23-20-17-14-11-8-5-2/h7,10,16-17,19-20,25-26,28-29,33,36,42,45,51,54,64H,4-6,8-9,11-15,18,21-24,27,30-32,34-35,37-41,43-44,46-50,52-53,55-63H2,1-3H3/b10-7-,19-16-,20-17-,28-25-,29-26-,36-33-,45-42-,54-51-. The van der Waals surface area contributed by atoms with Gasteiger partial charge in [0.05, 0.1) is 0 Å². The van der Waals surface area contributed by atoms with E-state index >= 15 is 0 Å². The van der Waals surface area contributed by atoms with Gasteiger partial charge in [0.1, 0.15) is 13.2 Å². The summed E-state index contributed by atoms with van der Waals surface area (Å²) in [6.45, 7) is 6.46. The number of rotatable bonds is 55. The highest BCUT2D eigenvalue weighted by atomic mass is 16.6. The zero-order chi connectivity index (χ0) is 52.9. The van der Waals surface area contributed by atoms with Crippen LogP contribution in [0, 0.1) is 0 Å². The third kappa shape index (κ3) is 59.1. The van der Waals surface area contributed by atoms with Crippen LogP contribution in [0.3, 0.4) is 0 Å². The minimum atomic E-state index is -0.811. The van der Waals surface area contributed by atoms with Crippen molar-refractivity contribution in [1.29, 1.82) is 0 Å². The number of hydrogen-bond donors (Lipinski definition) is 0. The van der Waals surface area contributed by atoms with Crippen molar-refractivity contribution < 1.29 is 28.6 Å². The molecule has 73 heavy (non-hydrogen) atoms. The second kappa shape index (κ2) is 60.9. The summed E-state index contributed by atoms with van der Waals surface area (Å²) >= 11 is 0. The number of unbranched alkanes of at least 4 members (excludes halogenated alkanes) is 28. The van der Waals surface area contributed by atoms with Gasteiger partial charge in [-0.15, -0.1) is 0 Å². The van der Waals surface area contributed by atoms with Crippen LogP contribution in [0.2, 0.25) is 0 Å². The summed E-state index contributed by atoms with van der Waals surface area (Å²) in [6.07, 6.45) is 81.3. The molecule has 0 fully saturated rings. The van der Waals surface area contributed by atoms with Gasteiger partial charge in [0, 0.05) is 19.3 Å². The molecule has 0 aromatic carbocycles. The molecule has 6 nitrogen and oxygen atoms in total. The van der Waals surface area contributed by atoms with Crippen LogP contribution in [-0.4, -0.2) is 37.2 Å². The lowest BCUT2D eigenvalue weighted by molar-refractivity contribution is -0.166. The maximum absolute atomic E-state index is 12.9. The van der Waals surface area contributed by atoms with Crippen LogP contribution in [0.5, 0.6) is 0 Å². The van der Waals surface area contributed by atoms with Crippen molar-refractivity contribution in [2.45, 2.75) is 297 Å². The van der Waals surface area contributed by atoms with Crippen molar-refractivity contribution in [2.24, 2.45) is 0 Å². The predicted octanol–water partition coefficient (Wildman–Crippen LogP) is 20.9. The smallest absolute Gasteiger partial charge is 0.306 e. The lowest BCUT2D eigenvalue weighted by Gasteiger charge is -2.18. The fraction of sp³-hybridized carbons (Fsp3) is 0.716. The first-order valence-corrected chi connectivity index (χ1v) is 30.7. The molecular formula is C67H114O6. The first-order chi connectivity index (χ1) is 36.0. The average Bonchev–Trinajstić information content (AvgIpc) is 3.39. The van der Waals surface area contributed by atoms with Crippen LogP contribution in [0.15, 0.2) is 97.2 Å². The van der Waals surface area contributed by atoms with Crippen molar-refractivity contribution in [3.63, 3.8) is 0 Å². The molecule has 0 radical (unpaired) electrons. The van der Waals surface area contributed by atoms with Gasteiger partial charge < -0.3 is 14.2 Å². The second-order valence-corrected chi connectivity index (χ2v) is 20.2. The van der Waals surface area contributed by atoms with Gasteiger partial charge in [-0.25, -0.2) is 0 Å². The van der Waals surface area contributed by atoms with E-state index in [1.54, 1.807) is 0 Å². The van der Waals surface area contributed by atoms with Gasteiger partial charge in [0.25, 0.3) is 0 Å². The van der Waals surface area contributed by atoms with Gasteiger partial charge >= 0.3 is 17.9 Å². The molecule has 0 aliphatic heterocycles. The van der Waals surface area contributed by atoms with Crippen LogP contribution in [0.4, 0.5) is 0 Å². The second-order valence-electron chi connectivity index (χ2n) is 20.2. The van der Waals surface area contributed by atoms with Crippen molar-refractivity contribution in [2.75, 3.05) is 13.2 Å². The minimum Gasteiger partial charge on any atom is -0.462 e. The Labute approximate surface area is 451 Å². The van der Waals surface area contributed by atoms with E-state index < -0.39 is 6.10 Å². The van der Waals surface area contributed by atoms with Crippen LogP contribution in [0.25, 0.3) is 0 Å². The lowest BCUT2D eigenvalue weighted by atomic mass is 10.0. The van der Waals surface area contributed by atoms with Gasteiger partial charge in [-0.05, 0) is 89.9 Å². The first kappa shape index (κ1) is 69.3. The van der Waals surface area contributed by atoms with E-state index in [-0.39, 0.29) is 37.5 Å². The first-order valence-electron chi connectivity index (χ1n) is 30.7. The number of carbonyl (C=O) groups is 3. The van der Waals surface area contributed by atoms with E-state index in [9.17, 15) is 14.4 Å². The molecule has 418 valence electrons. The van der Waals surface area contributed by atoms with E-state index in [2.05, 4.69) is 112 Å². The third-order valence-corrected chi connectivity index (χ3v) is 13.1. The SMILES string of the molecule is CC/C=C\C/C=C\C/C=C\C/C=C\C/C=C\C/C=C\CCC(=O)OCC(COC(=O)CCCCCCCCCCCCCCCCCCC)OC(=O)CCCCCCCCCCC/C=C\C/C=C\CCCCC. The van der Waals surface area contributed by atoms with Crippen LogP contribution in [-0.2, 0) is 28.6 Å². The van der Waals surface area contributed by atoms with Gasteiger partial charge in [0.15, 0.2) is 6.10 Å². The molecule has 0 N–H and O–H groups in total. The maximum Gasteiger partial charge on any atom is 0.306 e. The molecule has 1 atom stereocenters. The van der Waals surface area contributed by atoms with Gasteiger partial charge in [0.2, 0.25) is 0 Å². The zero-order valence-electron chi connectivity index (χ0n) is 47.9. The summed E-state index contributed by atoms with van der Waals surface area (Å²) in [6, 6.07) is 0. The molecule has 6 heteroatoms. The van der Waals surface area contributed by atoms with E-state index in [1.807, 2.05) is 6.08 Å². The Bertz CT molecular complexity index is 1440. The Balaban J connectivity index is 4.48. The highest BCUT2D eigenvalue weighted by Crippen LogP contribution is 2.16. The zero-order valence-corrected chi connectivity index (χ0v) is 47.9. The summed E-state index contributed by atoms with van der Waals surface area (Å²) in [5.74, 6) is -0.983. The number of allylic oxidation sites excluding steroid dienone is 16. The Hall–Kier alpha value is -3.67. The summed E-state index contributed by atoms with van der Waals surface area (Å²) in [7, 11) is 0. The number of hydrogen-bond acceptors (Lipinski definition) is 6. The molecule has 0 amide bonds. The number of esters is 3. The van der Waals surface area contributed by atoms with Crippen molar-refractivity contribution in [3.8, 4) is 0 Å². The normalized spacial score (nSPS) is 12.8. The van der Waals surface area contributed by atoms with Crippen molar-refractivity contribution in [3.05, 3.63) is 97.2 Å². The fourth-order valence-corrected chi connectivity index (χ4v) is 8.50. The molecule has 0 spiro atoms. The van der Waals surface area contributed by atoms with E-state index in [4.69, 9.17) is 14.2 Å². The van der Waals surface area contributed by atoms with E-state index in [0.29, 0.717) is 19.3 Å². The lowest BCUT2D eigenvalue weighted by Crippen LogP contribution is -2.30. The van der Waals surface area contributed by atoms with Gasteiger partial charge in [-0.3, -0.25) is 14.4 Å². The molecule has 0 heterocycles. The highest BCUT2D eigenvalue weighted by molar-refractivity contribution is 5.71. The summed E-state index contributed by atoms with van der Waals surface area (Å²) in [5.41, 5.74) is 0. The summed E-state index contributed by atoms with van der Waals surface area (Å²) < 4.78 is 16.8. The number of carbonyl (C=O) groups excluding carboxylic acids is 3. The maximum atomic E-state index is 12.9.